The van der Waals surface area contributed by atoms with E-state index in [0.717, 1.165) is 0 Å². The van der Waals surface area contributed by atoms with E-state index in [-0.39, 0.29) is 5.69 Å². The first-order valence-corrected chi connectivity index (χ1v) is 2.55. The van der Waals surface area contributed by atoms with Gasteiger partial charge in [0.1, 0.15) is 11.8 Å². The van der Waals surface area contributed by atoms with Crippen LogP contribution in [0, 0.1) is 28.9 Å². The Kier molecular flexibility index (Phi) is 1.63. The lowest BCUT2D eigenvalue weighted by Crippen LogP contribution is -1.82. The second-order valence-electron chi connectivity index (χ2n) is 1.59. The van der Waals surface area contributed by atoms with Crippen molar-refractivity contribution in [1.29, 1.82) is 10.5 Å². The fraction of sp³-hybridized carbons (Fsp3) is 0. The third-order valence-corrected chi connectivity index (χ3v) is 0.941. The maximum atomic E-state index is 8.35. The molecule has 3 nitrogen and oxygen atoms in total. The average molecular weight is 128 g/mol. The number of pyridine rings is 1. The molecule has 10 heavy (non-hydrogen) atoms. The van der Waals surface area contributed by atoms with Crippen LogP contribution in [0.5, 0.6) is 0 Å². The molecule has 1 rings (SSSR count). The van der Waals surface area contributed by atoms with Crippen LogP contribution in [0.4, 0.5) is 0 Å². The molecule has 0 N–H and O–H groups in total. The van der Waals surface area contributed by atoms with Crippen LogP contribution in [0.3, 0.4) is 0 Å². The zero-order valence-electron chi connectivity index (χ0n) is 5.00. The topological polar surface area (TPSA) is 60.5 Å². The maximum Gasteiger partial charge on any atom is 0.142 e. The minimum Gasteiger partial charge on any atom is -0.235 e. The summed E-state index contributed by atoms with van der Waals surface area (Å²) in [4.78, 5) is 3.57. The summed E-state index contributed by atoms with van der Waals surface area (Å²) in [6.07, 6.45) is 2.44. The van der Waals surface area contributed by atoms with E-state index in [0.29, 0.717) is 5.56 Å². The number of rotatable bonds is 0. The number of aromatic nitrogens is 1. The average Bonchev–Trinajstić information content (AvgIpc) is 2.05. The summed E-state index contributed by atoms with van der Waals surface area (Å²) in [6.45, 7) is 0. The number of nitriles is 2. The van der Waals surface area contributed by atoms with Crippen molar-refractivity contribution in [2.75, 3.05) is 0 Å². The highest BCUT2D eigenvalue weighted by atomic mass is 14.7. The summed E-state index contributed by atoms with van der Waals surface area (Å²) >= 11 is 0. The third kappa shape index (κ3) is 1.10. The molecule has 0 unspecified atom stereocenters. The first kappa shape index (κ1) is 6.25. The molecule has 0 fully saturated rings. The van der Waals surface area contributed by atoms with Gasteiger partial charge < -0.3 is 0 Å². The first-order valence-electron chi connectivity index (χ1n) is 2.55. The van der Waals surface area contributed by atoms with Crippen LogP contribution in [0.15, 0.2) is 12.1 Å². The lowest BCUT2D eigenvalue weighted by atomic mass is 10.2. The van der Waals surface area contributed by atoms with Crippen LogP contribution in [0.2, 0.25) is 0 Å². The summed E-state index contributed by atoms with van der Waals surface area (Å²) < 4.78 is 0. The predicted molar refractivity (Wildman–Crippen MR) is 32.5 cm³/mol. The van der Waals surface area contributed by atoms with Crippen molar-refractivity contribution in [1.82, 2.24) is 4.98 Å². The molecule has 1 heterocycles. The molecule has 1 radical (unpaired) electrons. The van der Waals surface area contributed by atoms with Gasteiger partial charge >= 0.3 is 0 Å². The minimum atomic E-state index is 0.221. The third-order valence-electron chi connectivity index (χ3n) is 0.941. The standard InChI is InChI=1S/C7H2N3/c8-4-6-1-2-10-7(3-6)5-9/h1,3H. The Labute approximate surface area is 58.2 Å². The van der Waals surface area contributed by atoms with Gasteiger partial charge in [-0.15, -0.1) is 0 Å². The molecule has 0 saturated carbocycles. The molecule has 0 bridgehead atoms. The SMILES string of the molecule is N#Cc1c[c]nc(C#N)c1. The van der Waals surface area contributed by atoms with E-state index < -0.39 is 0 Å². The zero-order chi connectivity index (χ0) is 7.40. The number of hydrogen-bond donors (Lipinski definition) is 0. The van der Waals surface area contributed by atoms with E-state index in [1.54, 1.807) is 0 Å². The molecule has 0 aromatic carbocycles. The Bertz CT molecular complexity index is 287. The van der Waals surface area contributed by atoms with E-state index >= 15 is 0 Å². The largest absolute Gasteiger partial charge is 0.235 e. The molecule has 0 aliphatic rings. The maximum absolute atomic E-state index is 8.35. The van der Waals surface area contributed by atoms with Crippen LogP contribution in [0.1, 0.15) is 11.3 Å². The summed E-state index contributed by atoms with van der Waals surface area (Å²) in [6, 6.07) is 6.53. The molecule has 0 spiro atoms. The van der Waals surface area contributed by atoms with Crippen molar-refractivity contribution >= 4 is 0 Å². The van der Waals surface area contributed by atoms with Crippen LogP contribution < -0.4 is 0 Å². The van der Waals surface area contributed by atoms with Crippen molar-refractivity contribution in [3.63, 3.8) is 0 Å². The van der Waals surface area contributed by atoms with Gasteiger partial charge in [-0.3, -0.25) is 0 Å². The summed E-state index contributed by atoms with van der Waals surface area (Å²) in [5.41, 5.74) is 0.630. The highest BCUT2D eigenvalue weighted by Crippen LogP contribution is 1.96. The van der Waals surface area contributed by atoms with Crippen molar-refractivity contribution in [3.8, 4) is 12.1 Å². The molecule has 3 heteroatoms. The fourth-order valence-electron chi connectivity index (χ4n) is 0.514. The first-order chi connectivity index (χ1) is 4.86. The Balaban J connectivity index is 3.17. The lowest BCUT2D eigenvalue weighted by Gasteiger charge is -1.84. The quantitative estimate of drug-likeness (QED) is 0.514. The van der Waals surface area contributed by atoms with Crippen LogP contribution >= 0.6 is 0 Å². The minimum absolute atomic E-state index is 0.221. The number of hydrogen-bond acceptors (Lipinski definition) is 3. The molecular weight excluding hydrogens is 126 g/mol. The molecule has 45 valence electrons. The summed E-state index contributed by atoms with van der Waals surface area (Å²) in [5.74, 6) is 0. The highest BCUT2D eigenvalue weighted by molar-refractivity contribution is 5.32. The fourth-order valence-corrected chi connectivity index (χ4v) is 0.514. The van der Waals surface area contributed by atoms with Gasteiger partial charge in [0.05, 0.1) is 17.8 Å². The van der Waals surface area contributed by atoms with Gasteiger partial charge in [-0.2, -0.15) is 10.5 Å². The van der Waals surface area contributed by atoms with Gasteiger partial charge in [-0.05, 0) is 12.1 Å². The van der Waals surface area contributed by atoms with E-state index in [2.05, 4.69) is 11.2 Å². The van der Waals surface area contributed by atoms with Crippen LogP contribution in [-0.4, -0.2) is 4.98 Å². The second kappa shape index (κ2) is 2.61. The molecule has 1 aromatic rings. The van der Waals surface area contributed by atoms with E-state index in [1.807, 2.05) is 12.1 Å². The zero-order valence-corrected chi connectivity index (χ0v) is 5.00. The van der Waals surface area contributed by atoms with Crippen LogP contribution in [-0.2, 0) is 0 Å². The van der Waals surface area contributed by atoms with Crippen molar-refractivity contribution in [3.05, 3.63) is 29.6 Å². The van der Waals surface area contributed by atoms with Crippen molar-refractivity contribution in [2.45, 2.75) is 0 Å². The predicted octanol–water partition coefficient (Wildman–Crippen LogP) is 0.625. The van der Waals surface area contributed by atoms with E-state index in [1.165, 1.54) is 12.1 Å². The Morgan fingerprint density at radius 2 is 2.20 bits per heavy atom. The smallest absolute Gasteiger partial charge is 0.142 e. The molecule has 0 atom stereocenters. The lowest BCUT2D eigenvalue weighted by molar-refractivity contribution is 1.24. The molecule has 0 amide bonds. The highest BCUT2D eigenvalue weighted by Gasteiger charge is 1.92. The van der Waals surface area contributed by atoms with Gasteiger partial charge in [0, 0.05) is 0 Å². The van der Waals surface area contributed by atoms with Crippen LogP contribution in [0.25, 0.3) is 0 Å². The van der Waals surface area contributed by atoms with Gasteiger partial charge in [0.2, 0.25) is 0 Å². The summed E-state index contributed by atoms with van der Waals surface area (Å²) in [7, 11) is 0. The summed E-state index contributed by atoms with van der Waals surface area (Å²) in [5, 5.41) is 16.7. The van der Waals surface area contributed by atoms with Gasteiger partial charge in [0.25, 0.3) is 0 Å². The molecule has 0 aliphatic carbocycles. The van der Waals surface area contributed by atoms with E-state index in [4.69, 9.17) is 10.5 Å². The van der Waals surface area contributed by atoms with E-state index in [9.17, 15) is 0 Å². The molecule has 1 aromatic heterocycles. The molecular formula is C7H2N3. The van der Waals surface area contributed by atoms with Gasteiger partial charge in [-0.1, -0.05) is 0 Å². The Hall–Kier alpha value is -1.87. The van der Waals surface area contributed by atoms with Crippen molar-refractivity contribution in [2.24, 2.45) is 0 Å². The van der Waals surface area contributed by atoms with Gasteiger partial charge in [0.15, 0.2) is 0 Å². The second-order valence-corrected chi connectivity index (χ2v) is 1.59. The van der Waals surface area contributed by atoms with Gasteiger partial charge in [-0.25, -0.2) is 4.98 Å². The van der Waals surface area contributed by atoms with Crippen molar-refractivity contribution < 1.29 is 0 Å². The Morgan fingerprint density at radius 3 is 2.80 bits per heavy atom. The number of nitrogens with zero attached hydrogens (tertiary/aromatic N) is 3. The normalized spacial score (nSPS) is 7.80. The molecule has 0 aliphatic heterocycles. The molecule has 0 saturated heterocycles. The monoisotopic (exact) mass is 128 g/mol. The Morgan fingerprint density at radius 1 is 1.40 bits per heavy atom.